The molecule has 1 aliphatic heterocycles. The molecule has 0 aliphatic carbocycles. The summed E-state index contributed by atoms with van der Waals surface area (Å²) >= 11 is 0. The third-order valence-electron chi connectivity index (χ3n) is 7.42. The highest BCUT2D eigenvalue weighted by atomic mass is 16.2. The van der Waals surface area contributed by atoms with Gasteiger partial charge in [0.05, 0.1) is 0 Å². The fourth-order valence-corrected chi connectivity index (χ4v) is 5.11. The van der Waals surface area contributed by atoms with Gasteiger partial charge in [-0.25, -0.2) is 0 Å². The number of nitrogens with one attached hydrogen (secondary N) is 1. The molecule has 218 valence electrons. The monoisotopic (exact) mass is 555 g/mol. The lowest BCUT2D eigenvalue weighted by molar-refractivity contribution is -0.133. The summed E-state index contributed by atoms with van der Waals surface area (Å²) < 4.78 is 0. The predicted octanol–water partition coefficient (Wildman–Crippen LogP) is 6.01. The summed E-state index contributed by atoms with van der Waals surface area (Å²) in [5, 5.41) is 3.54. The van der Waals surface area contributed by atoms with Gasteiger partial charge in [0.1, 0.15) is 0 Å². The second kappa shape index (κ2) is 14.9. The molecule has 1 aromatic carbocycles. The van der Waals surface area contributed by atoms with E-state index in [-0.39, 0.29) is 11.8 Å². The number of pyridine rings is 2. The van der Waals surface area contributed by atoms with Gasteiger partial charge >= 0.3 is 0 Å². The van der Waals surface area contributed by atoms with E-state index >= 15 is 0 Å². The van der Waals surface area contributed by atoms with Crippen molar-refractivity contribution < 1.29 is 9.59 Å². The first-order chi connectivity index (χ1) is 19.7. The average Bonchev–Trinajstić information content (AvgIpc) is 2.94. The van der Waals surface area contributed by atoms with E-state index in [0.29, 0.717) is 63.9 Å². The van der Waals surface area contributed by atoms with Crippen LogP contribution in [-0.2, 0) is 48.9 Å². The molecule has 3 heterocycles. The SMILES string of the molecule is CC(C)CCC(=O)N1Cc2cccc(c2)CNCc2cncc(c2)CN(C(=O)CCC(C)C)Cc2cncc(c2)C1. The van der Waals surface area contributed by atoms with Crippen LogP contribution in [0.4, 0.5) is 0 Å². The zero-order valence-corrected chi connectivity index (χ0v) is 25.1. The molecule has 1 N–H and O–H groups in total. The number of hydrogen-bond donors (Lipinski definition) is 1. The Labute approximate surface area is 245 Å². The van der Waals surface area contributed by atoms with Gasteiger partial charge in [-0.3, -0.25) is 19.6 Å². The van der Waals surface area contributed by atoms with Crippen molar-refractivity contribution in [3.8, 4) is 0 Å². The lowest BCUT2D eigenvalue weighted by Crippen LogP contribution is -2.31. The largest absolute Gasteiger partial charge is 0.334 e. The van der Waals surface area contributed by atoms with E-state index in [4.69, 9.17) is 0 Å². The Morgan fingerprint density at radius 1 is 0.659 bits per heavy atom. The van der Waals surface area contributed by atoms with Gasteiger partial charge in [0, 0.05) is 76.9 Å². The van der Waals surface area contributed by atoms with E-state index in [9.17, 15) is 9.59 Å². The summed E-state index contributed by atoms with van der Waals surface area (Å²) in [5.74, 6) is 1.21. The summed E-state index contributed by atoms with van der Waals surface area (Å²) in [6.45, 7) is 12.0. The summed E-state index contributed by atoms with van der Waals surface area (Å²) in [7, 11) is 0. The molecule has 0 atom stereocenters. The predicted molar refractivity (Wildman–Crippen MR) is 162 cm³/mol. The van der Waals surface area contributed by atoms with Crippen LogP contribution in [0.5, 0.6) is 0 Å². The van der Waals surface area contributed by atoms with Crippen molar-refractivity contribution in [1.82, 2.24) is 25.1 Å². The van der Waals surface area contributed by atoms with E-state index in [0.717, 1.165) is 40.7 Å². The normalized spacial score (nSPS) is 14.6. The molecular formula is C34H45N5O2. The fraction of sp³-hybridized carbons (Fsp3) is 0.471. The molecule has 0 spiro atoms. The molecule has 41 heavy (non-hydrogen) atoms. The Morgan fingerprint density at radius 3 is 1.61 bits per heavy atom. The van der Waals surface area contributed by atoms with Gasteiger partial charge in [0.2, 0.25) is 11.8 Å². The Bertz CT molecular complexity index is 1210. The maximum absolute atomic E-state index is 13.4. The van der Waals surface area contributed by atoms with Crippen molar-refractivity contribution in [2.75, 3.05) is 0 Å². The van der Waals surface area contributed by atoms with Gasteiger partial charge in [0.15, 0.2) is 0 Å². The molecule has 0 fully saturated rings. The zero-order chi connectivity index (χ0) is 29.2. The van der Waals surface area contributed by atoms with E-state index < -0.39 is 0 Å². The second-order valence-electron chi connectivity index (χ2n) is 12.2. The molecule has 1 aliphatic rings. The number of rotatable bonds is 6. The first-order valence-corrected chi connectivity index (χ1v) is 14.9. The Balaban J connectivity index is 1.66. The quantitative estimate of drug-likeness (QED) is 0.403. The minimum atomic E-state index is 0.131. The third kappa shape index (κ3) is 9.78. The van der Waals surface area contributed by atoms with Gasteiger partial charge in [-0.1, -0.05) is 52.0 Å². The van der Waals surface area contributed by atoms with Crippen LogP contribution < -0.4 is 5.32 Å². The molecule has 6 bridgehead atoms. The van der Waals surface area contributed by atoms with Crippen molar-refractivity contribution in [2.24, 2.45) is 11.8 Å². The first-order valence-electron chi connectivity index (χ1n) is 14.9. The van der Waals surface area contributed by atoms with Crippen LogP contribution in [0.2, 0.25) is 0 Å². The summed E-state index contributed by atoms with van der Waals surface area (Å²) in [6.07, 6.45) is 10.1. The number of carbonyl (C=O) groups excluding carboxylic acids is 2. The molecule has 2 aromatic heterocycles. The molecule has 4 rings (SSSR count). The number of carbonyl (C=O) groups is 2. The minimum Gasteiger partial charge on any atom is -0.334 e. The smallest absolute Gasteiger partial charge is 0.223 e. The molecule has 2 amide bonds. The lowest BCUT2D eigenvalue weighted by atomic mass is 10.1. The molecule has 0 saturated carbocycles. The molecule has 0 saturated heterocycles. The topological polar surface area (TPSA) is 78.4 Å². The van der Waals surface area contributed by atoms with Crippen molar-refractivity contribution >= 4 is 11.8 Å². The van der Waals surface area contributed by atoms with Crippen LogP contribution in [0, 0.1) is 11.8 Å². The Kier molecular flexibility index (Phi) is 11.0. The third-order valence-corrected chi connectivity index (χ3v) is 7.42. The standard InChI is InChI=1S/C34H45N5O2/c1-25(2)8-10-33(40)38-21-28-7-5-6-27(12-28)15-35-16-29-13-30(18-36-17-29)22-39(34(41)11-9-26(3)4)24-32-14-31(23-38)19-37-20-32/h5-7,12-14,17-20,25-26,35H,8-11,15-16,21-24H2,1-4H3. The van der Waals surface area contributed by atoms with E-state index in [2.05, 4.69) is 79.4 Å². The van der Waals surface area contributed by atoms with Crippen molar-refractivity contribution in [1.29, 1.82) is 0 Å². The number of aromatic nitrogens is 2. The number of amides is 2. The second-order valence-corrected chi connectivity index (χ2v) is 12.2. The molecule has 7 heteroatoms. The van der Waals surface area contributed by atoms with Crippen LogP contribution >= 0.6 is 0 Å². The van der Waals surface area contributed by atoms with Gasteiger partial charge in [-0.05, 0) is 70.2 Å². The molecule has 0 unspecified atom stereocenters. The Morgan fingerprint density at radius 2 is 1.07 bits per heavy atom. The van der Waals surface area contributed by atoms with Gasteiger partial charge in [-0.2, -0.15) is 0 Å². The van der Waals surface area contributed by atoms with Crippen LogP contribution in [-0.4, -0.2) is 31.6 Å². The van der Waals surface area contributed by atoms with Crippen LogP contribution in [0.3, 0.4) is 0 Å². The average molecular weight is 556 g/mol. The number of fused-ring (bicyclic) bond motifs is 6. The Hall–Kier alpha value is -3.58. The van der Waals surface area contributed by atoms with Crippen molar-refractivity contribution in [2.45, 2.75) is 92.6 Å². The minimum absolute atomic E-state index is 0.131. The first kappa shape index (κ1) is 30.4. The maximum atomic E-state index is 13.4. The van der Waals surface area contributed by atoms with E-state index in [1.807, 2.05) is 34.6 Å². The van der Waals surface area contributed by atoms with Crippen molar-refractivity contribution in [3.05, 3.63) is 94.6 Å². The van der Waals surface area contributed by atoms with Crippen LogP contribution in [0.1, 0.15) is 86.8 Å². The highest BCUT2D eigenvalue weighted by Gasteiger charge is 2.19. The number of benzene rings is 1. The molecule has 3 aromatic rings. The van der Waals surface area contributed by atoms with Gasteiger partial charge in [0.25, 0.3) is 0 Å². The van der Waals surface area contributed by atoms with E-state index in [1.165, 1.54) is 5.56 Å². The van der Waals surface area contributed by atoms with Crippen LogP contribution in [0.15, 0.2) is 61.2 Å². The highest BCUT2D eigenvalue weighted by Crippen LogP contribution is 2.19. The fourth-order valence-electron chi connectivity index (χ4n) is 5.11. The maximum Gasteiger partial charge on any atom is 0.223 e. The number of hydrogen-bond acceptors (Lipinski definition) is 5. The molecule has 7 nitrogen and oxygen atoms in total. The molecule has 0 radical (unpaired) electrons. The van der Waals surface area contributed by atoms with E-state index in [1.54, 1.807) is 0 Å². The summed E-state index contributed by atoms with van der Waals surface area (Å²) in [6, 6.07) is 12.7. The lowest BCUT2D eigenvalue weighted by Gasteiger charge is -2.26. The summed E-state index contributed by atoms with van der Waals surface area (Å²) in [4.78, 5) is 39.7. The summed E-state index contributed by atoms with van der Waals surface area (Å²) in [5.41, 5.74) is 6.31. The number of nitrogens with zero attached hydrogens (tertiary/aromatic N) is 4. The van der Waals surface area contributed by atoms with Gasteiger partial charge in [-0.15, -0.1) is 0 Å². The van der Waals surface area contributed by atoms with Crippen LogP contribution in [0.25, 0.3) is 0 Å². The van der Waals surface area contributed by atoms with Crippen molar-refractivity contribution in [3.63, 3.8) is 0 Å². The van der Waals surface area contributed by atoms with Gasteiger partial charge < -0.3 is 15.1 Å². The molecular weight excluding hydrogens is 510 g/mol. The highest BCUT2D eigenvalue weighted by molar-refractivity contribution is 5.76. The zero-order valence-electron chi connectivity index (χ0n) is 25.1.